The van der Waals surface area contributed by atoms with E-state index >= 15 is 0 Å². The van der Waals surface area contributed by atoms with Crippen LogP contribution in [0.2, 0.25) is 0 Å². The van der Waals surface area contributed by atoms with Gasteiger partial charge in [-0.3, -0.25) is 9.78 Å². The highest BCUT2D eigenvalue weighted by Gasteiger charge is 2.23. The van der Waals surface area contributed by atoms with Crippen molar-refractivity contribution in [3.8, 4) is 0 Å². The molecule has 2 saturated heterocycles. The highest BCUT2D eigenvalue weighted by Crippen LogP contribution is 2.35. The smallest absolute Gasteiger partial charge is 0.161 e. The summed E-state index contributed by atoms with van der Waals surface area (Å²) in [4.78, 5) is 4.83. The first-order valence-electron chi connectivity index (χ1n) is 14.4. The number of hydrogen-bond acceptors (Lipinski definition) is 6. The highest BCUT2D eigenvalue weighted by molar-refractivity contribution is 5.98. The van der Waals surface area contributed by atoms with Crippen molar-refractivity contribution in [1.82, 2.24) is 30.2 Å². The van der Waals surface area contributed by atoms with Gasteiger partial charge in [-0.05, 0) is 93.0 Å². The van der Waals surface area contributed by atoms with Crippen molar-refractivity contribution >= 4 is 39.1 Å². The minimum atomic E-state index is -0.571. The lowest BCUT2D eigenvalue weighted by molar-refractivity contribution is 0.313. The van der Waals surface area contributed by atoms with Crippen molar-refractivity contribution in [2.45, 2.75) is 25.3 Å². The van der Waals surface area contributed by atoms with E-state index in [-0.39, 0.29) is 0 Å². The molecule has 10 heteroatoms. The predicted molar refractivity (Wildman–Crippen MR) is 159 cm³/mol. The molecule has 0 unspecified atom stereocenters. The SMILES string of the molecule is CN1CCN(c2ccc3c(Nc4n[nH]c5ccc(Cc6cc(F)cc(F)c6)cc45)nn(C4CCNCC4)c3c2)CC1. The Balaban J connectivity index is 1.23. The minimum Gasteiger partial charge on any atom is -0.369 e. The van der Waals surface area contributed by atoms with E-state index in [1.807, 2.05) is 18.2 Å². The van der Waals surface area contributed by atoms with Crippen LogP contribution in [0.5, 0.6) is 0 Å². The van der Waals surface area contributed by atoms with Crippen molar-refractivity contribution < 1.29 is 8.78 Å². The predicted octanol–water partition coefficient (Wildman–Crippen LogP) is 5.20. The number of anilines is 3. The van der Waals surface area contributed by atoms with Gasteiger partial charge in [0.15, 0.2) is 11.6 Å². The van der Waals surface area contributed by atoms with Crippen molar-refractivity contribution in [2.75, 3.05) is 56.5 Å². The molecule has 0 atom stereocenters. The molecule has 2 aliphatic rings. The van der Waals surface area contributed by atoms with Gasteiger partial charge in [0.25, 0.3) is 0 Å². The molecule has 212 valence electrons. The van der Waals surface area contributed by atoms with Crippen LogP contribution >= 0.6 is 0 Å². The summed E-state index contributed by atoms with van der Waals surface area (Å²) in [6.07, 6.45) is 2.48. The topological polar surface area (TPSA) is 77.0 Å². The highest BCUT2D eigenvalue weighted by atomic mass is 19.1. The van der Waals surface area contributed by atoms with Crippen LogP contribution in [0.3, 0.4) is 0 Å². The molecule has 41 heavy (non-hydrogen) atoms. The lowest BCUT2D eigenvalue weighted by Gasteiger charge is -2.34. The summed E-state index contributed by atoms with van der Waals surface area (Å²) in [5.74, 6) is 0.305. The molecule has 2 fully saturated rings. The zero-order chi connectivity index (χ0) is 27.9. The summed E-state index contributed by atoms with van der Waals surface area (Å²) in [5, 5.41) is 21.7. The Morgan fingerprint density at radius 1 is 0.854 bits per heavy atom. The van der Waals surface area contributed by atoms with Crippen LogP contribution in [0, 0.1) is 11.6 Å². The number of piperazine rings is 1. The molecule has 7 rings (SSSR count). The van der Waals surface area contributed by atoms with Crippen molar-refractivity contribution in [3.63, 3.8) is 0 Å². The van der Waals surface area contributed by atoms with Gasteiger partial charge >= 0.3 is 0 Å². The number of aromatic amines is 1. The average molecular weight is 557 g/mol. The van der Waals surface area contributed by atoms with E-state index in [2.05, 4.69) is 60.6 Å². The zero-order valence-electron chi connectivity index (χ0n) is 23.1. The molecule has 0 spiro atoms. The van der Waals surface area contributed by atoms with Gasteiger partial charge in [0.05, 0.1) is 17.1 Å². The van der Waals surface area contributed by atoms with E-state index in [1.165, 1.54) is 17.8 Å². The third-order valence-corrected chi connectivity index (χ3v) is 8.41. The van der Waals surface area contributed by atoms with Gasteiger partial charge in [-0.1, -0.05) is 6.07 Å². The van der Waals surface area contributed by atoms with Gasteiger partial charge in [-0.15, -0.1) is 0 Å². The van der Waals surface area contributed by atoms with Crippen molar-refractivity contribution in [1.29, 1.82) is 0 Å². The monoisotopic (exact) mass is 556 g/mol. The van der Waals surface area contributed by atoms with E-state index in [0.717, 1.165) is 91.4 Å². The van der Waals surface area contributed by atoms with Gasteiger partial charge in [0.2, 0.25) is 0 Å². The van der Waals surface area contributed by atoms with Crippen LogP contribution < -0.4 is 15.5 Å². The Morgan fingerprint density at radius 2 is 1.63 bits per heavy atom. The fraction of sp³-hybridized carbons (Fsp3) is 0.355. The number of halogens is 2. The summed E-state index contributed by atoms with van der Waals surface area (Å²) in [7, 11) is 2.17. The number of fused-ring (bicyclic) bond motifs is 2. The first kappa shape index (κ1) is 25.9. The third-order valence-electron chi connectivity index (χ3n) is 8.41. The fourth-order valence-electron chi connectivity index (χ4n) is 6.14. The van der Waals surface area contributed by atoms with E-state index in [0.29, 0.717) is 23.8 Å². The summed E-state index contributed by atoms with van der Waals surface area (Å²) in [6, 6.07) is 16.6. The van der Waals surface area contributed by atoms with Gasteiger partial charge in [-0.25, -0.2) is 8.78 Å². The Morgan fingerprint density at radius 3 is 2.41 bits per heavy atom. The number of piperidine rings is 1. The molecule has 2 aromatic heterocycles. The molecule has 3 aromatic carbocycles. The van der Waals surface area contributed by atoms with Crippen LogP contribution in [-0.2, 0) is 6.42 Å². The lowest BCUT2D eigenvalue weighted by Crippen LogP contribution is -2.44. The molecule has 5 aromatic rings. The third kappa shape index (κ3) is 5.25. The number of rotatable bonds is 6. The molecule has 0 aliphatic carbocycles. The second kappa shape index (κ2) is 10.8. The Kier molecular flexibility index (Phi) is 6.80. The minimum absolute atomic E-state index is 0.325. The number of likely N-dealkylation sites (N-methyl/N-ethyl adjacent to an activating group) is 1. The van der Waals surface area contributed by atoms with Crippen LogP contribution in [0.4, 0.5) is 26.1 Å². The maximum absolute atomic E-state index is 13.8. The summed E-state index contributed by atoms with van der Waals surface area (Å²) in [6.45, 7) is 6.10. The summed E-state index contributed by atoms with van der Waals surface area (Å²) >= 11 is 0. The number of nitrogens with one attached hydrogen (secondary N) is 3. The molecule has 0 amide bonds. The molecule has 2 aliphatic heterocycles. The quantitative estimate of drug-likeness (QED) is 0.267. The van der Waals surface area contributed by atoms with Gasteiger partial charge in [0, 0.05) is 48.7 Å². The Hall–Kier alpha value is -4.02. The van der Waals surface area contributed by atoms with Crippen molar-refractivity contribution in [3.05, 3.63) is 77.4 Å². The molecular weight excluding hydrogens is 522 g/mol. The molecule has 3 N–H and O–H groups in total. The van der Waals surface area contributed by atoms with E-state index < -0.39 is 11.6 Å². The molecule has 0 radical (unpaired) electrons. The van der Waals surface area contributed by atoms with Crippen LogP contribution in [0.1, 0.15) is 30.0 Å². The number of nitrogens with zero attached hydrogens (tertiary/aromatic N) is 5. The molecule has 0 bridgehead atoms. The standard InChI is InChI=1S/C31H34F2N8/c1-39-10-12-40(13-11-39)25-3-4-26-29(19-25)41(24-6-8-34-9-7-24)38-31(26)35-30-27-17-20(2-5-28(27)36-37-30)14-21-15-22(32)18-23(33)16-21/h2-5,15-19,24,34H,6-14H2,1H3,(H2,35,36,37,38). The summed E-state index contributed by atoms with van der Waals surface area (Å²) in [5.41, 5.74) is 4.76. The number of aromatic nitrogens is 4. The van der Waals surface area contributed by atoms with E-state index in [1.54, 1.807) is 0 Å². The normalized spacial score (nSPS) is 17.1. The van der Waals surface area contributed by atoms with Crippen LogP contribution in [0.25, 0.3) is 21.8 Å². The molecule has 4 heterocycles. The largest absolute Gasteiger partial charge is 0.369 e. The van der Waals surface area contributed by atoms with E-state index in [4.69, 9.17) is 5.10 Å². The zero-order valence-corrected chi connectivity index (χ0v) is 23.1. The first-order chi connectivity index (χ1) is 20.0. The maximum atomic E-state index is 13.8. The molecule has 0 saturated carbocycles. The maximum Gasteiger partial charge on any atom is 0.161 e. The Labute approximate surface area is 237 Å². The average Bonchev–Trinajstić information content (AvgIpc) is 3.54. The lowest BCUT2D eigenvalue weighted by atomic mass is 10.0. The van der Waals surface area contributed by atoms with E-state index in [9.17, 15) is 8.78 Å². The van der Waals surface area contributed by atoms with Gasteiger partial charge in [0.1, 0.15) is 11.6 Å². The summed E-state index contributed by atoms with van der Waals surface area (Å²) < 4.78 is 29.7. The van der Waals surface area contributed by atoms with Crippen LogP contribution in [-0.4, -0.2) is 71.2 Å². The van der Waals surface area contributed by atoms with Crippen LogP contribution in [0.15, 0.2) is 54.6 Å². The second-order valence-electron chi connectivity index (χ2n) is 11.3. The van der Waals surface area contributed by atoms with Gasteiger partial charge in [-0.2, -0.15) is 10.2 Å². The number of hydrogen-bond donors (Lipinski definition) is 3. The Bertz CT molecular complexity index is 1680. The fourth-order valence-corrected chi connectivity index (χ4v) is 6.14. The van der Waals surface area contributed by atoms with Gasteiger partial charge < -0.3 is 20.4 Å². The molecular formula is C31H34F2N8. The molecule has 8 nitrogen and oxygen atoms in total. The number of benzene rings is 3. The first-order valence-corrected chi connectivity index (χ1v) is 14.4. The second-order valence-corrected chi connectivity index (χ2v) is 11.3. The van der Waals surface area contributed by atoms with Crippen molar-refractivity contribution in [2.24, 2.45) is 0 Å². The number of H-pyrrole nitrogens is 1.